The summed E-state index contributed by atoms with van der Waals surface area (Å²) in [4.78, 5) is 19.3. The second-order valence-electron chi connectivity index (χ2n) is 5.60. The molecule has 0 aliphatic carbocycles. The van der Waals surface area contributed by atoms with E-state index in [4.69, 9.17) is 32.4 Å². The van der Waals surface area contributed by atoms with Gasteiger partial charge in [-0.05, 0) is 30.3 Å². The monoisotopic (exact) mass is 386 g/mol. The van der Waals surface area contributed by atoms with E-state index in [0.717, 1.165) is 5.39 Å². The maximum Gasteiger partial charge on any atom is 0.259 e. The van der Waals surface area contributed by atoms with E-state index in [-0.39, 0.29) is 16.4 Å². The standard InChI is InChI=1S/C19H12Cl2N2O3/c1-25-16-4-2-3-10-7-12(26-17(10)16)9-14(21)18-22-15-6-5-11(20)8-13(15)19(24)23-18/h2-9H,1H3,(H,22,23,24)/b14-9+. The molecule has 5 nitrogen and oxygen atoms in total. The second-order valence-corrected chi connectivity index (χ2v) is 6.44. The molecule has 7 heteroatoms. The first-order valence-electron chi connectivity index (χ1n) is 7.69. The first-order chi connectivity index (χ1) is 12.5. The first kappa shape index (κ1) is 16.7. The van der Waals surface area contributed by atoms with Gasteiger partial charge in [-0.1, -0.05) is 35.3 Å². The Kier molecular flexibility index (Phi) is 4.18. The number of aromatic amines is 1. The third-order valence-corrected chi connectivity index (χ3v) is 4.43. The second kappa shape index (κ2) is 6.52. The van der Waals surface area contributed by atoms with Crippen LogP contribution >= 0.6 is 23.2 Å². The average Bonchev–Trinajstić information content (AvgIpc) is 3.04. The van der Waals surface area contributed by atoms with Crippen LogP contribution in [0.15, 0.2) is 51.7 Å². The Morgan fingerprint density at radius 3 is 2.92 bits per heavy atom. The zero-order valence-electron chi connectivity index (χ0n) is 13.5. The van der Waals surface area contributed by atoms with Crippen molar-refractivity contribution in [2.24, 2.45) is 0 Å². The summed E-state index contributed by atoms with van der Waals surface area (Å²) in [5.41, 5.74) is 0.816. The predicted molar refractivity (Wildman–Crippen MR) is 104 cm³/mol. The van der Waals surface area contributed by atoms with Crippen LogP contribution in [0.5, 0.6) is 5.75 Å². The number of hydrogen-bond donors (Lipinski definition) is 1. The van der Waals surface area contributed by atoms with Crippen molar-refractivity contribution in [3.63, 3.8) is 0 Å². The van der Waals surface area contributed by atoms with Gasteiger partial charge in [0.15, 0.2) is 17.2 Å². The summed E-state index contributed by atoms with van der Waals surface area (Å²) in [6, 6.07) is 12.3. The summed E-state index contributed by atoms with van der Waals surface area (Å²) in [7, 11) is 1.58. The number of methoxy groups -OCH3 is 1. The van der Waals surface area contributed by atoms with Crippen LogP contribution in [0.2, 0.25) is 5.02 Å². The highest BCUT2D eigenvalue weighted by Gasteiger charge is 2.11. The summed E-state index contributed by atoms with van der Waals surface area (Å²) in [5, 5.41) is 2.00. The quantitative estimate of drug-likeness (QED) is 0.533. The molecule has 0 bridgehead atoms. The molecule has 0 aliphatic heterocycles. The van der Waals surface area contributed by atoms with Crippen LogP contribution in [0.1, 0.15) is 11.6 Å². The molecule has 0 radical (unpaired) electrons. The van der Waals surface area contributed by atoms with E-state index < -0.39 is 0 Å². The molecule has 130 valence electrons. The van der Waals surface area contributed by atoms with Gasteiger partial charge in [-0.15, -0.1) is 0 Å². The van der Waals surface area contributed by atoms with Crippen LogP contribution in [-0.4, -0.2) is 17.1 Å². The van der Waals surface area contributed by atoms with Crippen LogP contribution < -0.4 is 10.3 Å². The molecule has 2 aromatic heterocycles. The van der Waals surface area contributed by atoms with Gasteiger partial charge >= 0.3 is 0 Å². The number of benzene rings is 2. The molecular weight excluding hydrogens is 375 g/mol. The maximum atomic E-state index is 12.3. The molecule has 0 saturated carbocycles. The van der Waals surface area contributed by atoms with Crippen molar-refractivity contribution in [2.75, 3.05) is 7.11 Å². The highest BCUT2D eigenvalue weighted by atomic mass is 35.5. The van der Waals surface area contributed by atoms with Gasteiger partial charge in [0.1, 0.15) is 5.76 Å². The van der Waals surface area contributed by atoms with Crippen molar-refractivity contribution in [1.29, 1.82) is 0 Å². The van der Waals surface area contributed by atoms with Gasteiger partial charge in [0.2, 0.25) is 0 Å². The van der Waals surface area contributed by atoms with Crippen molar-refractivity contribution in [3.8, 4) is 5.75 Å². The molecule has 4 aromatic rings. The van der Waals surface area contributed by atoms with Crippen molar-refractivity contribution < 1.29 is 9.15 Å². The Bertz CT molecular complexity index is 1220. The number of aromatic nitrogens is 2. The van der Waals surface area contributed by atoms with E-state index in [1.54, 1.807) is 31.4 Å². The third kappa shape index (κ3) is 2.96. The summed E-state index contributed by atoms with van der Waals surface area (Å²) in [6.45, 7) is 0. The van der Waals surface area contributed by atoms with E-state index in [2.05, 4.69) is 9.97 Å². The molecule has 0 atom stereocenters. The largest absolute Gasteiger partial charge is 0.493 e. The number of furan rings is 1. The van der Waals surface area contributed by atoms with Gasteiger partial charge in [0.05, 0.1) is 23.0 Å². The zero-order chi connectivity index (χ0) is 18.3. The highest BCUT2D eigenvalue weighted by molar-refractivity contribution is 6.50. The number of ether oxygens (including phenoxy) is 1. The summed E-state index contributed by atoms with van der Waals surface area (Å²) < 4.78 is 11.1. The van der Waals surface area contributed by atoms with Crippen molar-refractivity contribution in [1.82, 2.24) is 9.97 Å². The van der Waals surface area contributed by atoms with Crippen LogP contribution in [0, 0.1) is 0 Å². The minimum atomic E-state index is -0.315. The topological polar surface area (TPSA) is 68.1 Å². The summed E-state index contributed by atoms with van der Waals surface area (Å²) in [5.74, 6) is 1.40. The molecule has 0 aliphatic rings. The Balaban J connectivity index is 1.80. The molecule has 2 heterocycles. The Morgan fingerprint density at radius 1 is 1.27 bits per heavy atom. The molecule has 0 unspecified atom stereocenters. The number of rotatable bonds is 3. The fraction of sp³-hybridized carbons (Fsp3) is 0.0526. The molecule has 0 amide bonds. The normalized spacial score (nSPS) is 12.0. The lowest BCUT2D eigenvalue weighted by Gasteiger charge is -2.02. The van der Waals surface area contributed by atoms with E-state index in [1.165, 1.54) is 0 Å². The zero-order valence-corrected chi connectivity index (χ0v) is 15.1. The summed E-state index contributed by atoms with van der Waals surface area (Å²) in [6.07, 6.45) is 1.60. The van der Waals surface area contributed by atoms with Crippen LogP contribution in [0.4, 0.5) is 0 Å². The maximum absolute atomic E-state index is 12.3. The number of para-hydroxylation sites is 1. The van der Waals surface area contributed by atoms with E-state index in [1.807, 2.05) is 24.3 Å². The number of halogens is 2. The van der Waals surface area contributed by atoms with Gasteiger partial charge in [-0.3, -0.25) is 4.79 Å². The molecule has 4 rings (SSSR count). The Morgan fingerprint density at radius 2 is 2.12 bits per heavy atom. The SMILES string of the molecule is COc1cccc2cc(/C=C(/Cl)c3nc4ccc(Cl)cc4c(=O)[nH]3)oc12. The van der Waals surface area contributed by atoms with Crippen LogP contribution in [0.3, 0.4) is 0 Å². The van der Waals surface area contributed by atoms with Gasteiger partial charge in [0, 0.05) is 16.5 Å². The van der Waals surface area contributed by atoms with Gasteiger partial charge in [0.25, 0.3) is 5.56 Å². The fourth-order valence-corrected chi connectivity index (χ4v) is 3.07. The van der Waals surface area contributed by atoms with Crippen molar-refractivity contribution >= 4 is 56.2 Å². The predicted octanol–water partition coefficient (Wildman–Crippen LogP) is 5.07. The average molecular weight is 387 g/mol. The van der Waals surface area contributed by atoms with E-state index in [9.17, 15) is 4.79 Å². The summed E-state index contributed by atoms with van der Waals surface area (Å²) >= 11 is 12.3. The fourth-order valence-electron chi connectivity index (χ4n) is 2.71. The highest BCUT2D eigenvalue weighted by Crippen LogP contribution is 2.30. The van der Waals surface area contributed by atoms with Crippen LogP contribution in [0.25, 0.3) is 33.0 Å². The molecule has 0 fully saturated rings. The lowest BCUT2D eigenvalue weighted by atomic mass is 10.2. The third-order valence-electron chi connectivity index (χ3n) is 3.91. The molecule has 1 N–H and O–H groups in total. The Labute approximate surface area is 157 Å². The molecule has 0 saturated heterocycles. The van der Waals surface area contributed by atoms with Crippen molar-refractivity contribution in [2.45, 2.75) is 0 Å². The lowest BCUT2D eigenvalue weighted by Crippen LogP contribution is -2.10. The van der Waals surface area contributed by atoms with Gasteiger partial charge < -0.3 is 14.1 Å². The smallest absolute Gasteiger partial charge is 0.259 e. The number of fused-ring (bicyclic) bond motifs is 2. The lowest BCUT2D eigenvalue weighted by molar-refractivity contribution is 0.410. The molecule has 2 aromatic carbocycles. The van der Waals surface area contributed by atoms with Gasteiger partial charge in [-0.2, -0.15) is 0 Å². The minimum absolute atomic E-state index is 0.247. The number of nitrogens with zero attached hydrogens (tertiary/aromatic N) is 1. The Hall–Kier alpha value is -2.76. The first-order valence-corrected chi connectivity index (χ1v) is 8.44. The molecule has 26 heavy (non-hydrogen) atoms. The number of hydrogen-bond acceptors (Lipinski definition) is 4. The minimum Gasteiger partial charge on any atom is -0.493 e. The number of nitrogens with one attached hydrogen (secondary N) is 1. The molecular formula is C19H12Cl2N2O3. The van der Waals surface area contributed by atoms with Crippen LogP contribution in [-0.2, 0) is 0 Å². The van der Waals surface area contributed by atoms with Crippen molar-refractivity contribution in [3.05, 3.63) is 69.4 Å². The number of H-pyrrole nitrogens is 1. The molecule has 0 spiro atoms. The van der Waals surface area contributed by atoms with Gasteiger partial charge in [-0.25, -0.2) is 4.98 Å². The van der Waals surface area contributed by atoms with E-state index >= 15 is 0 Å². The van der Waals surface area contributed by atoms with E-state index in [0.29, 0.717) is 33.0 Å².